The zero-order valence-corrected chi connectivity index (χ0v) is 16.1. The standard InChI is InChI=1S/C21H20FN5O2/c1-3-11-15(28)6-14(22)9(2)18(11)27-19-12(7-23)17(10-4-5-10)26-8-13(19)16(20(27)24)21(25)29/h6,8,10,28H,3-5,24H2,1-2H3,(H2,25,29). The van der Waals surface area contributed by atoms with Crippen molar-refractivity contribution < 1.29 is 14.3 Å². The molecule has 0 radical (unpaired) electrons. The average Bonchev–Trinajstić information content (AvgIpc) is 3.47. The molecule has 4 rings (SSSR count). The Morgan fingerprint density at radius 1 is 1.48 bits per heavy atom. The van der Waals surface area contributed by atoms with Gasteiger partial charge >= 0.3 is 0 Å². The van der Waals surface area contributed by atoms with E-state index >= 15 is 0 Å². The van der Waals surface area contributed by atoms with Crippen LogP contribution in [0.3, 0.4) is 0 Å². The van der Waals surface area contributed by atoms with Gasteiger partial charge in [-0.3, -0.25) is 14.3 Å². The Bertz CT molecular complexity index is 1230. The monoisotopic (exact) mass is 393 g/mol. The van der Waals surface area contributed by atoms with Crippen LogP contribution in [-0.2, 0) is 6.42 Å². The molecule has 0 spiro atoms. The quantitative estimate of drug-likeness (QED) is 0.626. The van der Waals surface area contributed by atoms with Gasteiger partial charge in [0.1, 0.15) is 23.5 Å². The number of nitrogens with zero attached hydrogens (tertiary/aromatic N) is 3. The molecule has 29 heavy (non-hydrogen) atoms. The van der Waals surface area contributed by atoms with Crippen molar-refractivity contribution in [2.45, 2.75) is 39.0 Å². The summed E-state index contributed by atoms with van der Waals surface area (Å²) in [6.45, 7) is 3.38. The van der Waals surface area contributed by atoms with Gasteiger partial charge < -0.3 is 16.6 Å². The number of nitrogen functional groups attached to an aromatic ring is 1. The molecule has 8 heteroatoms. The van der Waals surface area contributed by atoms with Gasteiger partial charge in [0.25, 0.3) is 5.91 Å². The molecule has 2 heterocycles. The van der Waals surface area contributed by atoms with E-state index in [1.54, 1.807) is 6.92 Å². The zero-order chi connectivity index (χ0) is 21.0. The maximum absolute atomic E-state index is 14.6. The van der Waals surface area contributed by atoms with Crippen LogP contribution in [0.5, 0.6) is 5.75 Å². The van der Waals surface area contributed by atoms with Crippen molar-refractivity contribution in [2.75, 3.05) is 5.73 Å². The molecule has 1 aliphatic carbocycles. The fraction of sp³-hybridized carbons (Fsp3) is 0.286. The molecule has 0 unspecified atom stereocenters. The summed E-state index contributed by atoms with van der Waals surface area (Å²) in [4.78, 5) is 16.6. The van der Waals surface area contributed by atoms with Gasteiger partial charge in [0.05, 0.1) is 28.0 Å². The highest BCUT2D eigenvalue weighted by atomic mass is 19.1. The fourth-order valence-corrected chi connectivity index (χ4v) is 4.00. The molecular weight excluding hydrogens is 373 g/mol. The van der Waals surface area contributed by atoms with Crippen molar-refractivity contribution in [1.29, 1.82) is 5.26 Å². The molecule has 2 aromatic heterocycles. The van der Waals surface area contributed by atoms with Gasteiger partial charge in [-0.05, 0) is 26.2 Å². The van der Waals surface area contributed by atoms with Gasteiger partial charge in [-0.15, -0.1) is 0 Å². The third kappa shape index (κ3) is 2.62. The molecule has 1 saturated carbocycles. The molecule has 0 bridgehead atoms. The summed E-state index contributed by atoms with van der Waals surface area (Å²) in [5, 5.41) is 20.6. The number of primary amides is 1. The number of benzene rings is 1. The predicted octanol–water partition coefficient (Wildman–Crippen LogP) is 3.17. The molecule has 0 saturated heterocycles. The summed E-state index contributed by atoms with van der Waals surface area (Å²) in [7, 11) is 0. The second-order valence-electron chi connectivity index (χ2n) is 7.31. The predicted molar refractivity (Wildman–Crippen MR) is 106 cm³/mol. The molecule has 1 aromatic carbocycles. The average molecular weight is 393 g/mol. The van der Waals surface area contributed by atoms with Crippen molar-refractivity contribution >= 4 is 22.6 Å². The van der Waals surface area contributed by atoms with E-state index in [1.807, 2.05) is 6.92 Å². The van der Waals surface area contributed by atoms with Crippen LogP contribution in [0.1, 0.15) is 58.4 Å². The molecule has 0 aliphatic heterocycles. The lowest BCUT2D eigenvalue weighted by Crippen LogP contribution is -2.14. The maximum Gasteiger partial charge on any atom is 0.253 e. The Kier molecular flexibility index (Phi) is 4.19. The van der Waals surface area contributed by atoms with Crippen LogP contribution < -0.4 is 11.5 Å². The summed E-state index contributed by atoms with van der Waals surface area (Å²) >= 11 is 0. The van der Waals surface area contributed by atoms with Crippen molar-refractivity contribution in [3.05, 3.63) is 46.0 Å². The number of anilines is 1. The first-order valence-electron chi connectivity index (χ1n) is 9.35. The summed E-state index contributed by atoms with van der Waals surface area (Å²) in [6.07, 6.45) is 3.73. The number of pyridine rings is 1. The number of hydrogen-bond acceptors (Lipinski definition) is 5. The van der Waals surface area contributed by atoms with Crippen LogP contribution in [0.4, 0.5) is 10.2 Å². The van der Waals surface area contributed by atoms with Gasteiger partial charge in [-0.25, -0.2) is 4.39 Å². The van der Waals surface area contributed by atoms with Gasteiger partial charge in [0.15, 0.2) is 0 Å². The molecule has 1 amide bonds. The Hall–Kier alpha value is -3.60. The molecule has 7 nitrogen and oxygen atoms in total. The highest BCUT2D eigenvalue weighted by Crippen LogP contribution is 2.44. The molecule has 1 aliphatic rings. The van der Waals surface area contributed by atoms with Crippen molar-refractivity contribution in [3.8, 4) is 17.5 Å². The van der Waals surface area contributed by atoms with E-state index in [-0.39, 0.29) is 34.2 Å². The first-order chi connectivity index (χ1) is 13.8. The Morgan fingerprint density at radius 3 is 2.72 bits per heavy atom. The normalized spacial score (nSPS) is 13.6. The van der Waals surface area contributed by atoms with Gasteiger partial charge in [-0.2, -0.15) is 5.26 Å². The lowest BCUT2D eigenvalue weighted by molar-refractivity contribution is 0.100. The van der Waals surface area contributed by atoms with E-state index in [0.717, 1.165) is 18.9 Å². The minimum Gasteiger partial charge on any atom is -0.507 e. The summed E-state index contributed by atoms with van der Waals surface area (Å²) in [5.41, 5.74) is 14.2. The van der Waals surface area contributed by atoms with Crippen LogP contribution in [0.2, 0.25) is 0 Å². The second-order valence-corrected chi connectivity index (χ2v) is 7.31. The Morgan fingerprint density at radius 2 is 2.17 bits per heavy atom. The molecule has 148 valence electrons. The number of halogens is 1. The van der Waals surface area contributed by atoms with E-state index < -0.39 is 11.7 Å². The third-order valence-electron chi connectivity index (χ3n) is 5.54. The number of rotatable bonds is 4. The van der Waals surface area contributed by atoms with Crippen LogP contribution in [0.15, 0.2) is 12.3 Å². The highest BCUT2D eigenvalue weighted by Gasteiger charge is 2.33. The number of nitriles is 1. The maximum atomic E-state index is 14.6. The first-order valence-corrected chi connectivity index (χ1v) is 9.35. The van der Waals surface area contributed by atoms with Gasteiger partial charge in [0, 0.05) is 34.7 Å². The minimum absolute atomic E-state index is 0.0125. The molecule has 1 fully saturated rings. The smallest absolute Gasteiger partial charge is 0.253 e. The second kappa shape index (κ2) is 6.48. The van der Waals surface area contributed by atoms with Crippen LogP contribution >= 0.6 is 0 Å². The van der Waals surface area contributed by atoms with Crippen molar-refractivity contribution in [2.24, 2.45) is 5.73 Å². The topological polar surface area (TPSA) is 131 Å². The fourth-order valence-electron chi connectivity index (χ4n) is 4.00. The number of hydrogen-bond donors (Lipinski definition) is 3. The summed E-state index contributed by atoms with van der Waals surface area (Å²) < 4.78 is 16.0. The van der Waals surface area contributed by atoms with Gasteiger partial charge in [0.2, 0.25) is 0 Å². The van der Waals surface area contributed by atoms with Crippen molar-refractivity contribution in [3.63, 3.8) is 0 Å². The molecule has 0 atom stereocenters. The number of phenolic OH excluding ortho intramolecular Hbond substituents is 1. The molecule has 5 N–H and O–H groups in total. The van der Waals surface area contributed by atoms with E-state index in [2.05, 4.69) is 11.1 Å². The number of nitrogens with two attached hydrogens (primary N) is 2. The number of phenols is 1. The van der Waals surface area contributed by atoms with Gasteiger partial charge in [-0.1, -0.05) is 6.92 Å². The Balaban J connectivity index is 2.25. The number of aromatic hydroxyl groups is 1. The van der Waals surface area contributed by atoms with E-state index in [0.29, 0.717) is 34.3 Å². The minimum atomic E-state index is -0.771. The zero-order valence-electron chi connectivity index (χ0n) is 16.1. The van der Waals surface area contributed by atoms with E-state index in [1.165, 1.54) is 10.8 Å². The van der Waals surface area contributed by atoms with Crippen molar-refractivity contribution in [1.82, 2.24) is 9.55 Å². The van der Waals surface area contributed by atoms with Crippen LogP contribution in [0.25, 0.3) is 16.6 Å². The summed E-state index contributed by atoms with van der Waals surface area (Å²) in [6, 6.07) is 3.24. The third-order valence-corrected chi connectivity index (χ3v) is 5.54. The lowest BCUT2D eigenvalue weighted by Gasteiger charge is -2.18. The Labute approximate surface area is 166 Å². The van der Waals surface area contributed by atoms with Crippen LogP contribution in [0, 0.1) is 24.1 Å². The lowest BCUT2D eigenvalue weighted by atomic mass is 10.0. The van der Waals surface area contributed by atoms with E-state index in [9.17, 15) is 19.6 Å². The number of amides is 1. The highest BCUT2D eigenvalue weighted by molar-refractivity contribution is 6.12. The molecular formula is C21H20FN5O2. The summed E-state index contributed by atoms with van der Waals surface area (Å²) in [5.74, 6) is -1.45. The number of fused-ring (bicyclic) bond motifs is 1. The SMILES string of the molecule is CCc1c(O)cc(F)c(C)c1-n1c(N)c(C(N)=O)c2cnc(C3CC3)c(C#N)c21. The number of carbonyl (C=O) groups is 1. The molecule has 3 aromatic rings. The van der Waals surface area contributed by atoms with Crippen LogP contribution in [-0.4, -0.2) is 20.6 Å². The number of aromatic nitrogens is 2. The largest absolute Gasteiger partial charge is 0.507 e. The first kappa shape index (κ1) is 18.7. The van der Waals surface area contributed by atoms with E-state index in [4.69, 9.17) is 11.5 Å². The number of carbonyl (C=O) groups excluding carboxylic acids is 1.